The molecule has 186 valence electrons. The highest BCUT2D eigenvalue weighted by atomic mass is 16.7. The first-order chi connectivity index (χ1) is 17.5. The number of aryl methyl sites for hydroxylation is 2. The van der Waals surface area contributed by atoms with E-state index in [4.69, 9.17) is 14.5 Å². The lowest BCUT2D eigenvalue weighted by molar-refractivity contribution is -0.149. The molecule has 0 radical (unpaired) electrons. The minimum Gasteiger partial charge on any atom is -0.428 e. The highest BCUT2D eigenvalue weighted by Crippen LogP contribution is 2.30. The number of hydrogen-bond donors (Lipinski definition) is 1. The second kappa shape index (κ2) is 11.4. The van der Waals surface area contributed by atoms with Gasteiger partial charge in [-0.15, -0.1) is 10.2 Å². The highest BCUT2D eigenvalue weighted by molar-refractivity contribution is 5.89. The zero-order chi connectivity index (χ0) is 25.5. The lowest BCUT2D eigenvalue weighted by atomic mass is 9.98. The van der Waals surface area contributed by atoms with Crippen LogP contribution in [-0.2, 0) is 33.7 Å². The Labute approximate surface area is 208 Å². The van der Waals surface area contributed by atoms with Gasteiger partial charge >= 0.3 is 11.9 Å². The molecule has 1 N–H and O–H groups in total. The summed E-state index contributed by atoms with van der Waals surface area (Å²) in [5, 5.41) is 14.4. The van der Waals surface area contributed by atoms with Crippen molar-refractivity contribution in [3.8, 4) is 22.5 Å². The Bertz CT molecular complexity index is 1330. The van der Waals surface area contributed by atoms with Crippen LogP contribution < -0.4 is 0 Å². The zero-order valence-electron chi connectivity index (χ0n) is 20.5. The third kappa shape index (κ3) is 5.48. The largest absolute Gasteiger partial charge is 0.428 e. The van der Waals surface area contributed by atoms with Crippen molar-refractivity contribution in [1.82, 2.24) is 30.2 Å². The molecule has 0 saturated heterocycles. The number of hydrogen-bond acceptors (Lipinski definition) is 8. The topological polar surface area (TPSA) is 125 Å². The average Bonchev–Trinajstić information content (AvgIpc) is 3.53. The second-order valence-electron chi connectivity index (χ2n) is 8.18. The lowest BCUT2D eigenvalue weighted by Gasteiger charge is -2.13. The number of nitrogens with one attached hydrogen (secondary N) is 1. The van der Waals surface area contributed by atoms with Crippen molar-refractivity contribution in [3.63, 3.8) is 0 Å². The molecule has 0 fully saturated rings. The Hall–Kier alpha value is -4.34. The first kappa shape index (κ1) is 24.8. The Morgan fingerprint density at radius 1 is 1.00 bits per heavy atom. The van der Waals surface area contributed by atoms with Crippen LogP contribution in [0.4, 0.5) is 0 Å². The van der Waals surface area contributed by atoms with Crippen molar-refractivity contribution in [2.24, 2.45) is 0 Å². The molecule has 0 aliphatic heterocycles. The number of ether oxygens (including phenoxy) is 2. The number of aromatic nitrogens is 6. The summed E-state index contributed by atoms with van der Waals surface area (Å²) >= 11 is 0. The molecule has 0 saturated carbocycles. The maximum Gasteiger partial charge on any atom is 0.359 e. The molecular weight excluding hydrogens is 460 g/mol. The van der Waals surface area contributed by atoms with E-state index in [2.05, 4.69) is 27.5 Å². The predicted molar refractivity (Wildman–Crippen MR) is 132 cm³/mol. The third-order valence-electron chi connectivity index (χ3n) is 5.69. The quantitative estimate of drug-likeness (QED) is 0.263. The highest BCUT2D eigenvalue weighted by Gasteiger charge is 2.23. The predicted octanol–water partition coefficient (Wildman–Crippen LogP) is 3.97. The number of aromatic amines is 1. The number of rotatable bonds is 10. The average molecular weight is 489 g/mol. The maximum absolute atomic E-state index is 12.9. The van der Waals surface area contributed by atoms with Gasteiger partial charge in [-0.2, -0.15) is 5.21 Å². The first-order valence-electron chi connectivity index (χ1n) is 11.8. The van der Waals surface area contributed by atoms with Crippen LogP contribution in [-0.4, -0.2) is 48.9 Å². The summed E-state index contributed by atoms with van der Waals surface area (Å²) in [7, 11) is 0. The van der Waals surface area contributed by atoms with Gasteiger partial charge in [-0.05, 0) is 34.7 Å². The Kier molecular flexibility index (Phi) is 7.84. The van der Waals surface area contributed by atoms with Gasteiger partial charge in [0, 0.05) is 25.5 Å². The van der Waals surface area contributed by atoms with E-state index in [0.717, 1.165) is 40.9 Å². The fourth-order valence-electron chi connectivity index (χ4n) is 4.03. The van der Waals surface area contributed by atoms with Crippen molar-refractivity contribution in [2.45, 2.75) is 46.6 Å². The van der Waals surface area contributed by atoms with Crippen LogP contribution in [0.3, 0.4) is 0 Å². The van der Waals surface area contributed by atoms with Gasteiger partial charge in [0.25, 0.3) is 0 Å². The number of tetrazole rings is 1. The van der Waals surface area contributed by atoms with Gasteiger partial charge in [-0.3, -0.25) is 4.79 Å². The van der Waals surface area contributed by atoms with Gasteiger partial charge in [-0.1, -0.05) is 62.4 Å². The van der Waals surface area contributed by atoms with E-state index in [0.29, 0.717) is 30.2 Å². The van der Waals surface area contributed by atoms with Crippen LogP contribution in [0, 0.1) is 0 Å². The molecule has 0 aliphatic carbocycles. The molecule has 0 bridgehead atoms. The van der Waals surface area contributed by atoms with Crippen LogP contribution in [0.5, 0.6) is 0 Å². The van der Waals surface area contributed by atoms with E-state index in [9.17, 15) is 9.59 Å². The zero-order valence-corrected chi connectivity index (χ0v) is 20.5. The number of imidazole rings is 1. The summed E-state index contributed by atoms with van der Waals surface area (Å²) in [6.45, 7) is 5.30. The Morgan fingerprint density at radius 2 is 1.75 bits per heavy atom. The number of esters is 2. The van der Waals surface area contributed by atoms with Crippen LogP contribution in [0.15, 0.2) is 48.5 Å². The van der Waals surface area contributed by atoms with Crippen molar-refractivity contribution in [3.05, 3.63) is 71.3 Å². The summed E-state index contributed by atoms with van der Waals surface area (Å²) in [5.74, 6) is 0.273. The van der Waals surface area contributed by atoms with E-state index >= 15 is 0 Å². The summed E-state index contributed by atoms with van der Waals surface area (Å²) in [5.41, 5.74) is 4.93. The summed E-state index contributed by atoms with van der Waals surface area (Å²) in [6, 6.07) is 16.0. The molecular formula is C26H28N6O4. The van der Waals surface area contributed by atoms with Crippen molar-refractivity contribution in [1.29, 1.82) is 0 Å². The summed E-state index contributed by atoms with van der Waals surface area (Å²) < 4.78 is 11.9. The maximum atomic E-state index is 12.9. The molecule has 2 aromatic carbocycles. The molecule has 10 nitrogen and oxygen atoms in total. The molecule has 0 atom stereocenters. The van der Waals surface area contributed by atoms with Gasteiger partial charge in [0.15, 0.2) is 5.69 Å². The van der Waals surface area contributed by atoms with Gasteiger partial charge < -0.3 is 14.0 Å². The minimum atomic E-state index is -0.561. The van der Waals surface area contributed by atoms with E-state index < -0.39 is 18.7 Å². The Balaban J connectivity index is 1.63. The van der Waals surface area contributed by atoms with Crippen LogP contribution in [0.25, 0.3) is 22.5 Å². The molecule has 4 aromatic rings. The second-order valence-corrected chi connectivity index (χ2v) is 8.18. The number of benzene rings is 2. The normalized spacial score (nSPS) is 10.9. The van der Waals surface area contributed by atoms with Crippen molar-refractivity contribution in [2.75, 3.05) is 6.79 Å². The SMILES string of the molecule is CCCc1nc(CC)c(C(=O)OCOC(C)=O)n1Cc1ccc(-c2ccccc2-c2nn[nH]n2)cc1. The number of nitrogens with zero attached hydrogens (tertiary/aromatic N) is 5. The molecule has 0 spiro atoms. The summed E-state index contributed by atoms with van der Waals surface area (Å²) in [6.07, 6.45) is 2.18. The summed E-state index contributed by atoms with van der Waals surface area (Å²) in [4.78, 5) is 28.7. The van der Waals surface area contributed by atoms with Gasteiger partial charge in [-0.25, -0.2) is 9.78 Å². The van der Waals surface area contributed by atoms with Crippen molar-refractivity contribution >= 4 is 11.9 Å². The molecule has 4 rings (SSSR count). The van der Waals surface area contributed by atoms with Gasteiger partial charge in [0.1, 0.15) is 5.82 Å². The van der Waals surface area contributed by atoms with Crippen LogP contribution in [0.1, 0.15) is 54.8 Å². The van der Waals surface area contributed by atoms with Crippen molar-refractivity contribution < 1.29 is 19.1 Å². The molecule has 2 aromatic heterocycles. The standard InChI is InChI=1S/C26H28N6O4/c1-4-8-23-27-22(5-2)24(26(34)36-16-35-17(3)33)32(23)15-18-11-13-19(14-12-18)20-9-6-7-10-21(20)25-28-30-31-29-25/h6-7,9-14H,4-5,8,15-16H2,1-3H3,(H,28,29,30,31). The van der Waals surface area contributed by atoms with E-state index in [1.54, 1.807) is 0 Å². The first-order valence-corrected chi connectivity index (χ1v) is 11.8. The number of carbonyl (C=O) groups is 2. The third-order valence-corrected chi connectivity index (χ3v) is 5.69. The number of carbonyl (C=O) groups excluding carboxylic acids is 2. The van der Waals surface area contributed by atoms with Gasteiger partial charge in [0.2, 0.25) is 12.6 Å². The molecule has 10 heteroatoms. The molecule has 36 heavy (non-hydrogen) atoms. The fraction of sp³-hybridized carbons (Fsp3) is 0.308. The fourth-order valence-corrected chi connectivity index (χ4v) is 4.03. The molecule has 0 unspecified atom stereocenters. The minimum absolute atomic E-state index is 0.389. The smallest absolute Gasteiger partial charge is 0.359 e. The lowest BCUT2D eigenvalue weighted by Crippen LogP contribution is -2.18. The monoisotopic (exact) mass is 488 g/mol. The molecule has 2 heterocycles. The van der Waals surface area contributed by atoms with Crippen LogP contribution in [0.2, 0.25) is 0 Å². The van der Waals surface area contributed by atoms with Crippen LogP contribution >= 0.6 is 0 Å². The van der Waals surface area contributed by atoms with E-state index in [-0.39, 0.29) is 0 Å². The number of H-pyrrole nitrogens is 1. The van der Waals surface area contributed by atoms with E-state index in [1.807, 2.05) is 60.0 Å². The van der Waals surface area contributed by atoms with Gasteiger partial charge in [0.05, 0.1) is 5.69 Å². The Morgan fingerprint density at radius 3 is 2.39 bits per heavy atom. The molecule has 0 amide bonds. The van der Waals surface area contributed by atoms with E-state index in [1.165, 1.54) is 6.92 Å². The molecule has 0 aliphatic rings.